The number of nitrogens with zero attached hydrogens (tertiary/aromatic N) is 3. The maximum absolute atomic E-state index is 13.8. The Bertz CT molecular complexity index is 958. The molecule has 1 aromatic rings. The van der Waals surface area contributed by atoms with Gasteiger partial charge in [0.2, 0.25) is 11.8 Å². The monoisotopic (exact) mass is 449 g/mol. The molecule has 33 heavy (non-hydrogen) atoms. The molecule has 1 aromatic carbocycles. The smallest absolute Gasteiger partial charge is 0.228 e. The average Bonchev–Trinajstić information content (AvgIpc) is 3.25. The van der Waals surface area contributed by atoms with E-state index in [0.29, 0.717) is 24.8 Å². The zero-order chi connectivity index (χ0) is 22.5. The summed E-state index contributed by atoms with van der Waals surface area (Å²) in [7, 11) is 1.64. The van der Waals surface area contributed by atoms with Crippen LogP contribution in [0.25, 0.3) is 0 Å². The highest BCUT2D eigenvalue weighted by atomic mass is 16.5. The van der Waals surface area contributed by atoms with Crippen LogP contribution in [0, 0.1) is 17.8 Å². The molecule has 0 saturated carbocycles. The summed E-state index contributed by atoms with van der Waals surface area (Å²) >= 11 is 0. The predicted octanol–water partition coefficient (Wildman–Crippen LogP) is 3.47. The van der Waals surface area contributed by atoms with E-state index >= 15 is 0 Å². The van der Waals surface area contributed by atoms with Crippen LogP contribution >= 0.6 is 0 Å². The van der Waals surface area contributed by atoms with Crippen LogP contribution in [0.5, 0.6) is 5.75 Å². The van der Waals surface area contributed by atoms with Gasteiger partial charge in [-0.2, -0.15) is 0 Å². The summed E-state index contributed by atoms with van der Waals surface area (Å²) in [6, 6.07) is 8.52. The van der Waals surface area contributed by atoms with Crippen molar-refractivity contribution < 1.29 is 14.3 Å². The largest absolute Gasteiger partial charge is 0.497 e. The van der Waals surface area contributed by atoms with Crippen LogP contribution in [-0.4, -0.2) is 67.0 Å². The molecule has 5 aliphatic rings. The molecule has 176 valence electrons. The summed E-state index contributed by atoms with van der Waals surface area (Å²) in [6.07, 6.45) is 10.3. The molecule has 4 heterocycles. The molecule has 0 N–H and O–H groups in total. The maximum Gasteiger partial charge on any atom is 0.228 e. The van der Waals surface area contributed by atoms with E-state index in [-0.39, 0.29) is 23.8 Å². The number of methoxy groups -OCH3 is 1. The van der Waals surface area contributed by atoms with E-state index in [2.05, 4.69) is 15.9 Å². The van der Waals surface area contributed by atoms with Crippen molar-refractivity contribution in [3.05, 3.63) is 35.9 Å². The SMILES string of the molecule is COc1ccc(N2C[C@H](C(=O)N3CCCC4=C[C@H]5C[C@H](CN6CCCC[C@H]56)[C@H]43)CC2=O)cc1. The number of amides is 2. The topological polar surface area (TPSA) is 53.1 Å². The van der Waals surface area contributed by atoms with Gasteiger partial charge in [-0.25, -0.2) is 0 Å². The Labute approximate surface area is 196 Å². The number of hydrogen-bond acceptors (Lipinski definition) is 4. The van der Waals surface area contributed by atoms with Gasteiger partial charge in [-0.3, -0.25) is 14.5 Å². The number of fused-ring (bicyclic) bond motifs is 6. The highest BCUT2D eigenvalue weighted by Crippen LogP contribution is 2.45. The fourth-order valence-corrected chi connectivity index (χ4v) is 7.34. The molecule has 0 radical (unpaired) electrons. The van der Waals surface area contributed by atoms with Crippen molar-refractivity contribution in [3.63, 3.8) is 0 Å². The lowest BCUT2D eigenvalue weighted by Gasteiger charge is -2.55. The van der Waals surface area contributed by atoms with Gasteiger partial charge in [-0.15, -0.1) is 0 Å². The Morgan fingerprint density at radius 2 is 1.91 bits per heavy atom. The Hall–Kier alpha value is -2.34. The predicted molar refractivity (Wildman–Crippen MR) is 127 cm³/mol. The number of piperidine rings is 3. The Balaban J connectivity index is 1.21. The molecule has 4 aliphatic heterocycles. The van der Waals surface area contributed by atoms with Crippen LogP contribution in [-0.2, 0) is 9.59 Å². The lowest BCUT2D eigenvalue weighted by atomic mass is 9.68. The third-order valence-electron chi connectivity index (χ3n) is 8.80. The molecule has 0 spiro atoms. The quantitative estimate of drug-likeness (QED) is 0.663. The van der Waals surface area contributed by atoms with Crippen LogP contribution in [0.4, 0.5) is 5.69 Å². The zero-order valence-electron chi connectivity index (χ0n) is 19.6. The standard InChI is InChI=1S/C27H35N3O3/c1-33-23-9-7-22(8-10-23)30-17-21(15-25(30)31)27(32)29-12-4-5-18-13-19-14-20(26(18)29)16-28-11-3-2-6-24(19)28/h7-10,13,19-21,24,26H,2-6,11-12,14-17H2,1H3/t19-,20+,21+,24+,26-/m0/s1. The van der Waals surface area contributed by atoms with Crippen LogP contribution in [0.2, 0.25) is 0 Å². The van der Waals surface area contributed by atoms with Crippen LogP contribution in [0.15, 0.2) is 35.9 Å². The van der Waals surface area contributed by atoms with E-state index in [1.807, 2.05) is 24.3 Å². The van der Waals surface area contributed by atoms with E-state index in [4.69, 9.17) is 4.74 Å². The van der Waals surface area contributed by atoms with E-state index in [1.54, 1.807) is 12.0 Å². The van der Waals surface area contributed by atoms with E-state index in [9.17, 15) is 9.59 Å². The van der Waals surface area contributed by atoms with Gasteiger partial charge >= 0.3 is 0 Å². The number of anilines is 1. The summed E-state index contributed by atoms with van der Waals surface area (Å²) in [5, 5.41) is 0. The first-order valence-corrected chi connectivity index (χ1v) is 12.8. The van der Waals surface area contributed by atoms with Gasteiger partial charge in [0.1, 0.15) is 5.75 Å². The lowest BCUT2D eigenvalue weighted by Crippen LogP contribution is -2.60. The third kappa shape index (κ3) is 3.67. The number of carbonyl (C=O) groups is 2. The Morgan fingerprint density at radius 1 is 1.06 bits per heavy atom. The normalized spacial score (nSPS) is 33.9. The molecule has 5 atom stereocenters. The summed E-state index contributed by atoms with van der Waals surface area (Å²) in [5.41, 5.74) is 2.36. The first-order valence-electron chi connectivity index (χ1n) is 12.8. The van der Waals surface area contributed by atoms with E-state index in [0.717, 1.165) is 43.4 Å². The van der Waals surface area contributed by atoms with Crippen molar-refractivity contribution in [2.24, 2.45) is 17.8 Å². The number of likely N-dealkylation sites (tertiary alicyclic amines) is 1. The molecule has 0 unspecified atom stereocenters. The summed E-state index contributed by atoms with van der Waals surface area (Å²) in [5.74, 6) is 1.97. The minimum Gasteiger partial charge on any atom is -0.497 e. The number of ether oxygens (including phenoxy) is 1. The molecule has 6 heteroatoms. The molecule has 2 amide bonds. The van der Waals surface area contributed by atoms with Crippen LogP contribution in [0.1, 0.15) is 44.9 Å². The molecule has 6 nitrogen and oxygen atoms in total. The van der Waals surface area contributed by atoms with Crippen molar-refractivity contribution in [2.45, 2.75) is 57.0 Å². The van der Waals surface area contributed by atoms with E-state index in [1.165, 1.54) is 37.8 Å². The van der Waals surface area contributed by atoms with Gasteiger partial charge in [0.05, 0.1) is 19.1 Å². The molecule has 4 fully saturated rings. The van der Waals surface area contributed by atoms with Gasteiger partial charge in [-0.1, -0.05) is 18.1 Å². The van der Waals surface area contributed by atoms with Gasteiger partial charge in [0, 0.05) is 37.8 Å². The van der Waals surface area contributed by atoms with Crippen LogP contribution < -0.4 is 9.64 Å². The fraction of sp³-hybridized carbons (Fsp3) is 0.630. The van der Waals surface area contributed by atoms with Crippen molar-refractivity contribution in [2.75, 3.05) is 38.2 Å². The number of rotatable bonds is 3. The van der Waals surface area contributed by atoms with Crippen molar-refractivity contribution in [1.82, 2.24) is 9.80 Å². The van der Waals surface area contributed by atoms with Crippen molar-refractivity contribution in [1.29, 1.82) is 0 Å². The van der Waals surface area contributed by atoms with Gasteiger partial charge < -0.3 is 14.5 Å². The van der Waals surface area contributed by atoms with Crippen molar-refractivity contribution in [3.8, 4) is 5.75 Å². The summed E-state index contributed by atoms with van der Waals surface area (Å²) in [6.45, 7) is 3.66. The Morgan fingerprint density at radius 3 is 2.73 bits per heavy atom. The Kier molecular flexibility index (Phi) is 5.44. The molecule has 6 rings (SSSR count). The molecular weight excluding hydrogens is 414 g/mol. The first-order chi connectivity index (χ1) is 16.1. The highest BCUT2D eigenvalue weighted by Gasteiger charge is 2.48. The van der Waals surface area contributed by atoms with Crippen LogP contribution in [0.3, 0.4) is 0 Å². The maximum atomic E-state index is 13.8. The second kappa shape index (κ2) is 8.46. The first kappa shape index (κ1) is 21.2. The zero-order valence-corrected chi connectivity index (χ0v) is 19.6. The average molecular weight is 450 g/mol. The number of carbonyl (C=O) groups excluding carboxylic acids is 2. The van der Waals surface area contributed by atoms with Gasteiger partial charge in [-0.05, 0) is 74.8 Å². The second-order valence-electron chi connectivity index (χ2n) is 10.6. The minimum absolute atomic E-state index is 0.0452. The number of benzene rings is 1. The number of hydrogen-bond donors (Lipinski definition) is 0. The highest BCUT2D eigenvalue weighted by molar-refractivity contribution is 6.00. The summed E-state index contributed by atoms with van der Waals surface area (Å²) < 4.78 is 5.24. The van der Waals surface area contributed by atoms with Crippen molar-refractivity contribution >= 4 is 17.5 Å². The van der Waals surface area contributed by atoms with Gasteiger partial charge in [0.15, 0.2) is 0 Å². The fourth-order valence-electron chi connectivity index (χ4n) is 7.34. The van der Waals surface area contributed by atoms with Gasteiger partial charge in [0.25, 0.3) is 0 Å². The minimum atomic E-state index is -0.247. The summed E-state index contributed by atoms with van der Waals surface area (Å²) in [4.78, 5) is 33.3. The molecule has 4 saturated heterocycles. The molecular formula is C27H35N3O3. The third-order valence-corrected chi connectivity index (χ3v) is 8.80. The molecule has 1 aliphatic carbocycles. The second-order valence-corrected chi connectivity index (χ2v) is 10.6. The molecule has 0 aromatic heterocycles. The lowest BCUT2D eigenvalue weighted by molar-refractivity contribution is -0.140. The van der Waals surface area contributed by atoms with E-state index < -0.39 is 0 Å². The molecule has 2 bridgehead atoms.